The van der Waals surface area contributed by atoms with Gasteiger partial charge in [0.2, 0.25) is 0 Å². The van der Waals surface area contributed by atoms with Crippen LogP contribution in [0.5, 0.6) is 0 Å². The number of hydrogen-bond acceptors (Lipinski definition) is 2. The predicted octanol–water partition coefficient (Wildman–Crippen LogP) is 5.13. The summed E-state index contributed by atoms with van der Waals surface area (Å²) in [5.41, 5.74) is 1.48. The number of anilines is 1. The van der Waals surface area contributed by atoms with Crippen LogP contribution in [0.1, 0.15) is 23.4 Å². The lowest BCUT2D eigenvalue weighted by atomic mass is 10.2. The van der Waals surface area contributed by atoms with Gasteiger partial charge in [0.1, 0.15) is 5.82 Å². The summed E-state index contributed by atoms with van der Waals surface area (Å²) in [4.78, 5) is 1.22. The van der Waals surface area contributed by atoms with Gasteiger partial charge < -0.3 is 5.32 Å². The third kappa shape index (κ3) is 3.07. The summed E-state index contributed by atoms with van der Waals surface area (Å²) in [6, 6.07) is 9.49. The summed E-state index contributed by atoms with van der Waals surface area (Å²) in [5, 5.41) is 3.29. The van der Waals surface area contributed by atoms with Gasteiger partial charge in [0.05, 0.1) is 9.83 Å². The third-order valence-corrected chi connectivity index (χ3v) is 4.38. The van der Waals surface area contributed by atoms with Gasteiger partial charge in [0.15, 0.2) is 0 Å². The molecular formula is C13H13BrFNS. The first-order valence-corrected chi connectivity index (χ1v) is 6.95. The van der Waals surface area contributed by atoms with Crippen LogP contribution in [0.25, 0.3) is 0 Å². The molecule has 0 radical (unpaired) electrons. The number of thiophene rings is 1. The minimum absolute atomic E-state index is 0.172. The fourth-order valence-electron chi connectivity index (χ4n) is 1.56. The highest BCUT2D eigenvalue weighted by molar-refractivity contribution is 9.11. The van der Waals surface area contributed by atoms with Crippen molar-refractivity contribution in [3.8, 4) is 0 Å². The van der Waals surface area contributed by atoms with Gasteiger partial charge in [-0.25, -0.2) is 4.39 Å². The second-order valence-electron chi connectivity index (χ2n) is 3.97. The first-order chi connectivity index (χ1) is 8.06. The van der Waals surface area contributed by atoms with Gasteiger partial charge in [0, 0.05) is 10.6 Å². The average molecular weight is 314 g/mol. The lowest BCUT2D eigenvalue weighted by molar-refractivity contribution is 0.618. The molecule has 2 rings (SSSR count). The molecule has 1 atom stereocenters. The van der Waals surface area contributed by atoms with Crippen molar-refractivity contribution in [1.29, 1.82) is 0 Å². The maximum absolute atomic E-state index is 13.4. The van der Waals surface area contributed by atoms with E-state index < -0.39 is 0 Å². The van der Waals surface area contributed by atoms with E-state index in [0.717, 1.165) is 9.47 Å². The maximum Gasteiger partial charge on any atom is 0.128 e. The first-order valence-electron chi connectivity index (χ1n) is 5.34. The second kappa shape index (κ2) is 5.19. The Hall–Kier alpha value is -0.870. The predicted molar refractivity (Wildman–Crippen MR) is 75.2 cm³/mol. The molecule has 1 unspecified atom stereocenters. The van der Waals surface area contributed by atoms with E-state index in [0.29, 0.717) is 5.56 Å². The zero-order chi connectivity index (χ0) is 12.4. The van der Waals surface area contributed by atoms with Crippen molar-refractivity contribution in [3.63, 3.8) is 0 Å². The van der Waals surface area contributed by atoms with E-state index in [1.165, 1.54) is 10.9 Å². The number of benzene rings is 1. The molecule has 2 aromatic rings. The van der Waals surface area contributed by atoms with Gasteiger partial charge in [-0.3, -0.25) is 0 Å². The minimum atomic E-state index is -0.172. The molecule has 0 bridgehead atoms. The Morgan fingerprint density at radius 3 is 2.65 bits per heavy atom. The largest absolute Gasteiger partial charge is 0.378 e. The van der Waals surface area contributed by atoms with Crippen LogP contribution < -0.4 is 5.32 Å². The molecule has 1 N–H and O–H groups in total. The number of halogens is 2. The summed E-state index contributed by atoms with van der Waals surface area (Å²) in [6.45, 7) is 3.83. The summed E-state index contributed by atoms with van der Waals surface area (Å²) >= 11 is 5.12. The van der Waals surface area contributed by atoms with Crippen LogP contribution in [0.3, 0.4) is 0 Å². The molecule has 17 heavy (non-hydrogen) atoms. The molecule has 0 saturated carbocycles. The fraction of sp³-hybridized carbons (Fsp3) is 0.231. The van der Waals surface area contributed by atoms with Crippen molar-refractivity contribution >= 4 is 33.0 Å². The molecule has 90 valence electrons. The minimum Gasteiger partial charge on any atom is -0.378 e. The lowest BCUT2D eigenvalue weighted by Gasteiger charge is -2.14. The summed E-state index contributed by atoms with van der Waals surface area (Å²) < 4.78 is 14.5. The Balaban J connectivity index is 2.12. The topological polar surface area (TPSA) is 12.0 Å². The van der Waals surface area contributed by atoms with Gasteiger partial charge in [-0.2, -0.15) is 0 Å². The van der Waals surface area contributed by atoms with E-state index in [2.05, 4.69) is 34.2 Å². The van der Waals surface area contributed by atoms with Gasteiger partial charge in [-0.05, 0) is 59.6 Å². The van der Waals surface area contributed by atoms with Gasteiger partial charge in [-0.15, -0.1) is 11.3 Å². The molecule has 0 aliphatic heterocycles. The van der Waals surface area contributed by atoms with Crippen molar-refractivity contribution < 1.29 is 4.39 Å². The maximum atomic E-state index is 13.4. The number of nitrogens with one attached hydrogen (secondary N) is 1. The summed E-state index contributed by atoms with van der Waals surface area (Å²) in [7, 11) is 0. The number of aryl methyl sites for hydroxylation is 1. The standard InChI is InChI=1S/C13H13BrFNS/c1-8-3-4-10(7-11(8)15)16-9(2)12-5-6-13(14)17-12/h3-7,9,16H,1-2H3. The highest BCUT2D eigenvalue weighted by Gasteiger charge is 2.08. The Morgan fingerprint density at radius 1 is 1.29 bits per heavy atom. The van der Waals surface area contributed by atoms with E-state index in [4.69, 9.17) is 0 Å². The number of rotatable bonds is 3. The summed E-state index contributed by atoms with van der Waals surface area (Å²) in [6.07, 6.45) is 0. The van der Waals surface area contributed by atoms with Gasteiger partial charge >= 0.3 is 0 Å². The van der Waals surface area contributed by atoms with Crippen molar-refractivity contribution in [2.24, 2.45) is 0 Å². The Kier molecular flexibility index (Phi) is 3.84. The zero-order valence-corrected chi connectivity index (χ0v) is 12.0. The Bertz CT molecular complexity index is 524. The van der Waals surface area contributed by atoms with Crippen molar-refractivity contribution in [2.45, 2.75) is 19.9 Å². The molecule has 1 nitrogen and oxygen atoms in total. The molecule has 1 aromatic heterocycles. The molecule has 4 heteroatoms. The SMILES string of the molecule is Cc1ccc(NC(C)c2ccc(Br)s2)cc1F. The normalized spacial score (nSPS) is 12.5. The van der Waals surface area contributed by atoms with Crippen LogP contribution in [0.4, 0.5) is 10.1 Å². The van der Waals surface area contributed by atoms with Gasteiger partial charge in [-0.1, -0.05) is 6.07 Å². The molecule has 0 spiro atoms. The van der Waals surface area contributed by atoms with Crippen molar-refractivity contribution in [3.05, 3.63) is 50.4 Å². The van der Waals surface area contributed by atoms with Crippen LogP contribution >= 0.6 is 27.3 Å². The van der Waals surface area contributed by atoms with Gasteiger partial charge in [0.25, 0.3) is 0 Å². The van der Waals surface area contributed by atoms with E-state index in [1.807, 2.05) is 12.1 Å². The van der Waals surface area contributed by atoms with E-state index in [9.17, 15) is 4.39 Å². The van der Waals surface area contributed by atoms with E-state index in [1.54, 1.807) is 24.3 Å². The lowest BCUT2D eigenvalue weighted by Crippen LogP contribution is -2.05. The highest BCUT2D eigenvalue weighted by atomic mass is 79.9. The van der Waals surface area contributed by atoms with Crippen molar-refractivity contribution in [2.75, 3.05) is 5.32 Å². The first kappa shape index (κ1) is 12.6. The van der Waals surface area contributed by atoms with Crippen molar-refractivity contribution in [1.82, 2.24) is 0 Å². The molecule has 0 saturated heterocycles. The van der Waals surface area contributed by atoms with Crippen LogP contribution in [-0.4, -0.2) is 0 Å². The monoisotopic (exact) mass is 313 g/mol. The molecule has 0 fully saturated rings. The molecular weight excluding hydrogens is 301 g/mol. The molecule has 0 aliphatic carbocycles. The zero-order valence-electron chi connectivity index (χ0n) is 9.63. The second-order valence-corrected chi connectivity index (χ2v) is 6.47. The molecule has 0 amide bonds. The Morgan fingerprint density at radius 2 is 2.06 bits per heavy atom. The van der Waals surface area contributed by atoms with E-state index >= 15 is 0 Å². The van der Waals surface area contributed by atoms with E-state index in [-0.39, 0.29) is 11.9 Å². The highest BCUT2D eigenvalue weighted by Crippen LogP contribution is 2.29. The summed E-state index contributed by atoms with van der Waals surface area (Å²) in [5.74, 6) is -0.172. The van der Waals surface area contributed by atoms with Crippen LogP contribution in [0.2, 0.25) is 0 Å². The molecule has 0 aliphatic rings. The quantitative estimate of drug-likeness (QED) is 0.828. The van der Waals surface area contributed by atoms with Crippen LogP contribution in [-0.2, 0) is 0 Å². The van der Waals surface area contributed by atoms with Crippen LogP contribution in [0.15, 0.2) is 34.1 Å². The average Bonchev–Trinajstić information content (AvgIpc) is 2.70. The van der Waals surface area contributed by atoms with Crippen LogP contribution in [0, 0.1) is 12.7 Å². The number of hydrogen-bond donors (Lipinski definition) is 1. The molecule has 1 heterocycles. The molecule has 1 aromatic carbocycles. The third-order valence-electron chi connectivity index (χ3n) is 2.58. The fourth-order valence-corrected chi connectivity index (χ4v) is 2.99. The Labute approximate surface area is 113 Å². The smallest absolute Gasteiger partial charge is 0.128 e.